The van der Waals surface area contributed by atoms with Gasteiger partial charge in [-0.05, 0) is 32.9 Å². The van der Waals surface area contributed by atoms with Crippen LogP contribution in [-0.4, -0.2) is 49.8 Å². The molecule has 0 bridgehead atoms. The minimum absolute atomic E-state index is 0.382. The van der Waals surface area contributed by atoms with E-state index in [1.165, 1.54) is 6.42 Å². The van der Waals surface area contributed by atoms with Gasteiger partial charge in [0, 0.05) is 25.2 Å². The molecule has 1 rings (SSSR count). The van der Waals surface area contributed by atoms with Crippen LogP contribution in [0, 0.1) is 5.92 Å². The van der Waals surface area contributed by atoms with Crippen LogP contribution in [0.5, 0.6) is 0 Å². The number of nitrogens with zero attached hydrogens (tertiary/aromatic N) is 1. The fourth-order valence-corrected chi connectivity index (χ4v) is 2.64. The molecule has 0 radical (unpaired) electrons. The van der Waals surface area contributed by atoms with E-state index in [0.717, 1.165) is 19.7 Å². The van der Waals surface area contributed by atoms with E-state index in [1.807, 2.05) is 0 Å². The smallest absolute Gasteiger partial charge is 0.0703 e. The fourth-order valence-electron chi connectivity index (χ4n) is 2.64. The molecular formula is C13H28N2O. The van der Waals surface area contributed by atoms with Crippen molar-refractivity contribution in [3.05, 3.63) is 0 Å². The zero-order chi connectivity index (χ0) is 12.1. The molecule has 0 amide bonds. The Morgan fingerprint density at radius 1 is 1.44 bits per heavy atom. The summed E-state index contributed by atoms with van der Waals surface area (Å²) in [4.78, 5) is 2.52. The SMILES string of the molecule is CCNCC(C(C)C)N(C)C1CCOC1C. The Kier molecular flexibility index (Phi) is 5.73. The van der Waals surface area contributed by atoms with Crippen molar-refractivity contribution in [1.82, 2.24) is 10.2 Å². The molecule has 3 heteroatoms. The van der Waals surface area contributed by atoms with Gasteiger partial charge < -0.3 is 10.1 Å². The average molecular weight is 228 g/mol. The average Bonchev–Trinajstić information content (AvgIpc) is 2.64. The van der Waals surface area contributed by atoms with Gasteiger partial charge in [0.05, 0.1) is 6.10 Å². The maximum atomic E-state index is 5.66. The number of likely N-dealkylation sites (N-methyl/N-ethyl adjacent to an activating group) is 2. The van der Waals surface area contributed by atoms with Crippen molar-refractivity contribution < 1.29 is 4.74 Å². The van der Waals surface area contributed by atoms with Crippen LogP contribution < -0.4 is 5.32 Å². The monoisotopic (exact) mass is 228 g/mol. The first kappa shape index (κ1) is 13.9. The Bertz CT molecular complexity index is 196. The van der Waals surface area contributed by atoms with Gasteiger partial charge in [-0.25, -0.2) is 0 Å². The van der Waals surface area contributed by atoms with Crippen LogP contribution in [0.3, 0.4) is 0 Å². The molecule has 1 saturated heterocycles. The topological polar surface area (TPSA) is 24.5 Å². The van der Waals surface area contributed by atoms with Crippen molar-refractivity contribution in [2.75, 3.05) is 26.7 Å². The molecule has 16 heavy (non-hydrogen) atoms. The van der Waals surface area contributed by atoms with Crippen molar-refractivity contribution in [2.24, 2.45) is 5.92 Å². The zero-order valence-corrected chi connectivity index (χ0v) is 11.5. The number of ether oxygens (including phenoxy) is 1. The van der Waals surface area contributed by atoms with E-state index in [4.69, 9.17) is 4.74 Å². The summed E-state index contributed by atoms with van der Waals surface area (Å²) in [5.41, 5.74) is 0. The van der Waals surface area contributed by atoms with E-state index in [9.17, 15) is 0 Å². The Morgan fingerprint density at radius 3 is 2.56 bits per heavy atom. The lowest BCUT2D eigenvalue weighted by atomic mass is 9.99. The fraction of sp³-hybridized carbons (Fsp3) is 1.00. The van der Waals surface area contributed by atoms with Crippen LogP contribution in [0.15, 0.2) is 0 Å². The van der Waals surface area contributed by atoms with Crippen LogP contribution in [0.1, 0.15) is 34.1 Å². The lowest BCUT2D eigenvalue weighted by Gasteiger charge is -2.37. The highest BCUT2D eigenvalue weighted by Crippen LogP contribution is 2.22. The van der Waals surface area contributed by atoms with E-state index < -0.39 is 0 Å². The van der Waals surface area contributed by atoms with Crippen molar-refractivity contribution in [3.63, 3.8) is 0 Å². The highest BCUT2D eigenvalue weighted by Gasteiger charge is 2.32. The highest BCUT2D eigenvalue weighted by molar-refractivity contribution is 4.86. The molecule has 1 N–H and O–H groups in total. The maximum absolute atomic E-state index is 5.66. The van der Waals surface area contributed by atoms with E-state index in [0.29, 0.717) is 24.1 Å². The van der Waals surface area contributed by atoms with Crippen LogP contribution >= 0.6 is 0 Å². The van der Waals surface area contributed by atoms with Gasteiger partial charge >= 0.3 is 0 Å². The minimum Gasteiger partial charge on any atom is -0.377 e. The third-order valence-corrected chi connectivity index (χ3v) is 3.76. The molecule has 0 spiro atoms. The predicted octanol–water partition coefficient (Wildman–Crippen LogP) is 1.73. The zero-order valence-electron chi connectivity index (χ0n) is 11.5. The molecule has 3 atom stereocenters. The molecule has 96 valence electrons. The molecule has 3 unspecified atom stereocenters. The molecule has 0 aromatic rings. The second-order valence-corrected chi connectivity index (χ2v) is 5.22. The Morgan fingerprint density at radius 2 is 2.12 bits per heavy atom. The summed E-state index contributed by atoms with van der Waals surface area (Å²) in [6, 6.07) is 1.19. The summed E-state index contributed by atoms with van der Waals surface area (Å²) >= 11 is 0. The third kappa shape index (κ3) is 3.44. The summed E-state index contributed by atoms with van der Waals surface area (Å²) in [7, 11) is 2.25. The summed E-state index contributed by atoms with van der Waals surface area (Å²) in [6.45, 7) is 12.0. The Hall–Kier alpha value is -0.120. The van der Waals surface area contributed by atoms with Gasteiger partial charge in [0.2, 0.25) is 0 Å². The van der Waals surface area contributed by atoms with Crippen LogP contribution in [0.4, 0.5) is 0 Å². The van der Waals surface area contributed by atoms with Gasteiger partial charge in [0.25, 0.3) is 0 Å². The summed E-state index contributed by atoms with van der Waals surface area (Å²) < 4.78 is 5.66. The van der Waals surface area contributed by atoms with Crippen LogP contribution in [-0.2, 0) is 4.74 Å². The molecule has 0 aromatic heterocycles. The second-order valence-electron chi connectivity index (χ2n) is 5.22. The molecule has 3 nitrogen and oxygen atoms in total. The second kappa shape index (κ2) is 6.58. The molecule has 0 saturated carbocycles. The van der Waals surface area contributed by atoms with E-state index >= 15 is 0 Å². The standard InChI is InChI=1S/C13H28N2O/c1-6-14-9-13(10(2)3)15(5)12-7-8-16-11(12)4/h10-14H,6-9H2,1-5H3. The first-order chi connectivity index (χ1) is 7.57. The molecule has 1 heterocycles. The number of rotatable bonds is 6. The number of hydrogen-bond donors (Lipinski definition) is 1. The minimum atomic E-state index is 0.382. The molecule has 1 aliphatic heterocycles. The summed E-state index contributed by atoms with van der Waals surface area (Å²) in [5.74, 6) is 0.678. The maximum Gasteiger partial charge on any atom is 0.0703 e. The van der Waals surface area contributed by atoms with Crippen molar-refractivity contribution in [2.45, 2.75) is 52.3 Å². The van der Waals surface area contributed by atoms with E-state index in [2.05, 4.69) is 45.0 Å². The lowest BCUT2D eigenvalue weighted by Crippen LogP contribution is -2.50. The molecule has 1 aliphatic rings. The van der Waals surface area contributed by atoms with Gasteiger partial charge in [-0.3, -0.25) is 4.90 Å². The molecule has 0 aromatic carbocycles. The van der Waals surface area contributed by atoms with Gasteiger partial charge in [0.1, 0.15) is 0 Å². The van der Waals surface area contributed by atoms with Crippen molar-refractivity contribution >= 4 is 0 Å². The van der Waals surface area contributed by atoms with Crippen LogP contribution in [0.2, 0.25) is 0 Å². The van der Waals surface area contributed by atoms with Crippen molar-refractivity contribution in [3.8, 4) is 0 Å². The van der Waals surface area contributed by atoms with E-state index in [1.54, 1.807) is 0 Å². The van der Waals surface area contributed by atoms with Gasteiger partial charge in [0.15, 0.2) is 0 Å². The predicted molar refractivity (Wildman–Crippen MR) is 68.8 cm³/mol. The van der Waals surface area contributed by atoms with Gasteiger partial charge in [-0.2, -0.15) is 0 Å². The molecule has 0 aliphatic carbocycles. The largest absolute Gasteiger partial charge is 0.377 e. The normalized spacial score (nSPS) is 27.9. The lowest BCUT2D eigenvalue weighted by molar-refractivity contribution is 0.0567. The Labute approximate surface area is 101 Å². The number of hydrogen-bond acceptors (Lipinski definition) is 3. The van der Waals surface area contributed by atoms with Crippen LogP contribution in [0.25, 0.3) is 0 Å². The van der Waals surface area contributed by atoms with Gasteiger partial charge in [-0.1, -0.05) is 20.8 Å². The quantitative estimate of drug-likeness (QED) is 0.749. The molecule has 1 fully saturated rings. The molecular weight excluding hydrogens is 200 g/mol. The van der Waals surface area contributed by atoms with Gasteiger partial charge in [-0.15, -0.1) is 0 Å². The first-order valence-corrected chi connectivity index (χ1v) is 6.62. The highest BCUT2D eigenvalue weighted by atomic mass is 16.5. The Balaban J connectivity index is 2.55. The summed E-state index contributed by atoms with van der Waals surface area (Å²) in [6.07, 6.45) is 1.56. The van der Waals surface area contributed by atoms with E-state index in [-0.39, 0.29) is 0 Å². The number of nitrogens with one attached hydrogen (secondary N) is 1. The summed E-state index contributed by atoms with van der Waals surface area (Å²) in [5, 5.41) is 3.47. The first-order valence-electron chi connectivity index (χ1n) is 6.62. The third-order valence-electron chi connectivity index (χ3n) is 3.76. The van der Waals surface area contributed by atoms with Crippen molar-refractivity contribution in [1.29, 1.82) is 0 Å².